The Morgan fingerprint density at radius 3 is 1.59 bits per heavy atom. The summed E-state index contributed by atoms with van der Waals surface area (Å²) in [5.74, 6) is 2.02. The third-order valence-electron chi connectivity index (χ3n) is 3.45. The number of aryl methyl sites for hydroxylation is 2. The van der Waals surface area contributed by atoms with Gasteiger partial charge in [0.1, 0.15) is 6.29 Å². The van der Waals surface area contributed by atoms with Gasteiger partial charge in [0, 0.05) is 27.7 Å². The van der Waals surface area contributed by atoms with E-state index in [0.717, 1.165) is 24.2 Å². The van der Waals surface area contributed by atoms with E-state index in [0.29, 0.717) is 6.42 Å². The topological polar surface area (TPSA) is 34.1 Å². The van der Waals surface area contributed by atoms with Gasteiger partial charge in [-0.1, -0.05) is 56.3 Å². The van der Waals surface area contributed by atoms with Gasteiger partial charge in [-0.3, -0.25) is 4.79 Å². The number of aldehydes is 1. The van der Waals surface area contributed by atoms with E-state index in [2.05, 4.69) is 62.4 Å². The second-order valence-corrected chi connectivity index (χ2v) is 8.42. The number of ketones is 1. The fourth-order valence-corrected chi connectivity index (χ4v) is 3.58. The first-order valence-electron chi connectivity index (χ1n) is 9.01. The maximum atomic E-state index is 10.6. The molecule has 0 aliphatic heterocycles. The van der Waals surface area contributed by atoms with Gasteiger partial charge in [-0.25, -0.2) is 0 Å². The minimum absolute atomic E-state index is 0. The summed E-state index contributed by atoms with van der Waals surface area (Å²) >= 11 is 3.54. The number of rotatable bonds is 9. The highest BCUT2D eigenvalue weighted by atomic mass is 32.2. The van der Waals surface area contributed by atoms with Crippen molar-refractivity contribution in [2.45, 2.75) is 58.3 Å². The van der Waals surface area contributed by atoms with Crippen molar-refractivity contribution in [1.29, 1.82) is 0 Å². The zero-order valence-electron chi connectivity index (χ0n) is 16.3. The van der Waals surface area contributed by atoms with E-state index in [-0.39, 0.29) is 20.6 Å². The fourth-order valence-electron chi connectivity index (χ4n) is 1.99. The van der Waals surface area contributed by atoms with Crippen LogP contribution in [0.3, 0.4) is 0 Å². The van der Waals surface area contributed by atoms with Crippen LogP contribution in [0.4, 0.5) is 0 Å². The lowest BCUT2D eigenvalue weighted by Gasteiger charge is -1.99. The zero-order chi connectivity index (χ0) is 19.9. The van der Waals surface area contributed by atoms with Gasteiger partial charge in [-0.15, -0.1) is 23.5 Å². The average molecular weight is 433 g/mol. The van der Waals surface area contributed by atoms with Gasteiger partial charge in [0.25, 0.3) is 0 Å². The minimum atomic E-state index is 0. The molecule has 0 amide bonds. The van der Waals surface area contributed by atoms with Crippen molar-refractivity contribution < 1.29 is 9.59 Å². The summed E-state index contributed by atoms with van der Waals surface area (Å²) in [7, 11) is 0. The largest absolute Gasteiger partial charge is 0.303 e. The summed E-state index contributed by atoms with van der Waals surface area (Å²) in [6.07, 6.45) is 6.11. The Bertz CT molecular complexity index is 705. The van der Waals surface area contributed by atoms with Crippen LogP contribution in [0.1, 0.15) is 45.7 Å². The highest BCUT2D eigenvalue weighted by molar-refractivity contribution is 7.99. The highest BCUT2D eigenvalue weighted by Crippen LogP contribution is 2.19. The molecule has 0 unspecified atom stereocenters. The van der Waals surface area contributed by atoms with Crippen LogP contribution in [0.15, 0.2) is 70.5 Å². The maximum Gasteiger partial charge on any atom is 0.152 e. The number of thioether (sulfide) groups is 2. The smallest absolute Gasteiger partial charge is 0.152 e. The average Bonchev–Trinajstić information content (AvgIpc) is 2.65. The van der Waals surface area contributed by atoms with Crippen molar-refractivity contribution in [1.82, 2.24) is 0 Å². The molecule has 160 valence electrons. The van der Waals surface area contributed by atoms with Crippen LogP contribution in [-0.4, -0.2) is 23.6 Å². The van der Waals surface area contributed by atoms with Crippen LogP contribution in [0.5, 0.6) is 0 Å². The maximum absolute atomic E-state index is 10.6. The Labute approximate surface area is 186 Å². The molecule has 29 heavy (non-hydrogen) atoms. The van der Waals surface area contributed by atoms with Gasteiger partial charge >= 0.3 is 0 Å². The van der Waals surface area contributed by atoms with Crippen molar-refractivity contribution in [3.05, 3.63) is 71.8 Å². The van der Waals surface area contributed by atoms with Crippen molar-refractivity contribution in [3.63, 3.8) is 0 Å². The highest BCUT2D eigenvalue weighted by Gasteiger charge is 1.93. The molecule has 0 aliphatic carbocycles. The van der Waals surface area contributed by atoms with Crippen LogP contribution < -0.4 is 0 Å². The van der Waals surface area contributed by atoms with E-state index < -0.39 is 0 Å². The van der Waals surface area contributed by atoms with E-state index in [9.17, 15) is 9.59 Å². The Morgan fingerprint density at radius 1 is 0.793 bits per heavy atom. The van der Waals surface area contributed by atoms with Crippen LogP contribution >= 0.6 is 23.5 Å². The predicted molar refractivity (Wildman–Crippen MR) is 132 cm³/mol. The summed E-state index contributed by atoms with van der Waals surface area (Å²) in [5.41, 5.74) is 2.56. The second-order valence-electron chi connectivity index (χ2n) is 6.08. The fraction of sp³-hybridized carbons (Fsp3) is 0.360. The molecule has 0 heterocycles. The third-order valence-corrected chi connectivity index (χ3v) is 5.54. The van der Waals surface area contributed by atoms with Gasteiger partial charge in [-0.2, -0.15) is 0 Å². The van der Waals surface area contributed by atoms with E-state index >= 15 is 0 Å². The molecule has 0 aliphatic rings. The molecule has 0 N–H and O–H groups in total. The lowest BCUT2D eigenvalue weighted by atomic mass is 10.2. The Morgan fingerprint density at radius 2 is 1.21 bits per heavy atom. The molecule has 0 spiro atoms. The molecule has 2 aromatic rings. The third kappa shape index (κ3) is 15.8. The van der Waals surface area contributed by atoms with Gasteiger partial charge in [0.2, 0.25) is 0 Å². The van der Waals surface area contributed by atoms with Crippen LogP contribution in [0, 0.1) is 13.8 Å². The van der Waals surface area contributed by atoms with Crippen molar-refractivity contribution in [2.24, 2.45) is 0 Å². The van der Waals surface area contributed by atoms with E-state index in [4.69, 9.17) is 0 Å². The zero-order valence-corrected chi connectivity index (χ0v) is 17.9. The monoisotopic (exact) mass is 432 g/mol. The van der Waals surface area contributed by atoms with E-state index in [1.807, 2.05) is 17.8 Å². The molecule has 2 rings (SSSR count). The normalized spacial score (nSPS) is 9.62. The summed E-state index contributed by atoms with van der Waals surface area (Å²) in [4.78, 5) is 23.2. The molecule has 0 saturated heterocycles. The molecule has 0 fully saturated rings. The van der Waals surface area contributed by atoms with Crippen LogP contribution in [-0.2, 0) is 9.59 Å². The Kier molecular flexibility index (Phi) is 18.5. The molecular weight excluding hydrogens is 396 g/mol. The molecule has 2 aromatic carbocycles. The first-order chi connectivity index (χ1) is 13.0. The molecule has 4 heteroatoms. The number of carbonyl (C=O) groups is 2. The van der Waals surface area contributed by atoms with E-state index in [1.165, 1.54) is 20.9 Å². The first kappa shape index (κ1) is 29.4. The predicted octanol–water partition coefficient (Wildman–Crippen LogP) is 7.57. The lowest BCUT2D eigenvalue weighted by Crippen LogP contribution is -1.81. The molecule has 0 bridgehead atoms. The van der Waals surface area contributed by atoms with Crippen molar-refractivity contribution in [3.8, 4) is 0 Å². The van der Waals surface area contributed by atoms with Crippen molar-refractivity contribution >= 4 is 35.6 Å². The second kappa shape index (κ2) is 18.3. The van der Waals surface area contributed by atoms with Crippen LogP contribution in [0.25, 0.3) is 0 Å². The van der Waals surface area contributed by atoms with Crippen molar-refractivity contribution in [2.75, 3.05) is 11.5 Å². The lowest BCUT2D eigenvalue weighted by molar-refractivity contribution is -0.112. The molecule has 0 radical (unpaired) electrons. The minimum Gasteiger partial charge on any atom is -0.303 e. The number of hydrogen-bond acceptors (Lipinski definition) is 4. The molecule has 0 atom stereocenters. The van der Waals surface area contributed by atoms with Crippen LogP contribution in [0.2, 0.25) is 0 Å². The quantitative estimate of drug-likeness (QED) is 0.177. The van der Waals surface area contributed by atoms with Gasteiger partial charge in [0.05, 0.1) is 0 Å². The van der Waals surface area contributed by atoms with Gasteiger partial charge in [0.15, 0.2) is 5.78 Å². The first-order valence-corrected chi connectivity index (χ1v) is 11.0. The number of carbonyl (C=O) groups excluding carboxylic acids is 2. The summed E-state index contributed by atoms with van der Waals surface area (Å²) in [6, 6.07) is 16.9. The molecule has 0 aromatic heterocycles. The molecular formula is C25H36O2S2. The number of allylic oxidation sites excluding steroid dienone is 2. The molecule has 0 saturated carbocycles. The SMILES string of the molecule is C.C.CC(=O)/C=C/CCSc1ccc(C)cc1.Cc1ccc(SCCC=O)cc1. The number of benzene rings is 2. The Balaban J connectivity index is 0. The summed E-state index contributed by atoms with van der Waals surface area (Å²) < 4.78 is 0. The van der Waals surface area contributed by atoms with E-state index in [1.54, 1.807) is 24.8 Å². The standard InChI is InChI=1S/C13H16OS.C10H12OS.2CH4/c1-11-6-8-13(9-7-11)15-10-4-3-5-12(2)14;1-9-3-5-10(6-4-9)12-8-2-7-11;;/h3,5-9H,4,10H2,1-2H3;3-7H,2,8H2,1H3;2*1H4/b5-3+;;;. The van der Waals surface area contributed by atoms with Gasteiger partial charge in [-0.05, 0) is 57.5 Å². The summed E-state index contributed by atoms with van der Waals surface area (Å²) in [5, 5.41) is 0. The number of hydrogen-bond donors (Lipinski definition) is 0. The Hall–Kier alpha value is -1.78. The van der Waals surface area contributed by atoms with Gasteiger partial charge < -0.3 is 4.79 Å². The molecule has 2 nitrogen and oxygen atoms in total. The summed E-state index contributed by atoms with van der Waals surface area (Å²) in [6.45, 7) is 5.73.